The first-order valence-electron chi connectivity index (χ1n) is 10.2. The van der Waals surface area contributed by atoms with Crippen LogP contribution in [0.1, 0.15) is 16.7 Å². The molecule has 4 aromatic carbocycles. The zero-order chi connectivity index (χ0) is 28.3. The monoisotopic (exact) mass is 554 g/mol. The summed E-state index contributed by atoms with van der Waals surface area (Å²) in [5.41, 5.74) is -6.19. The molecule has 0 saturated heterocycles. The van der Waals surface area contributed by atoms with Gasteiger partial charge in [-0.3, -0.25) is 0 Å². The van der Waals surface area contributed by atoms with Crippen molar-refractivity contribution < 1.29 is 57.4 Å². The van der Waals surface area contributed by atoms with Crippen molar-refractivity contribution in [3.8, 4) is 16.9 Å². The number of ether oxygens (including phenoxy) is 1. The highest BCUT2D eigenvalue weighted by atomic mass is 19.4. The summed E-state index contributed by atoms with van der Waals surface area (Å²) in [6.07, 6.45) is -10.6. The molecule has 1 nitrogen and oxygen atoms in total. The molecule has 4 rings (SSSR count). The van der Waals surface area contributed by atoms with Crippen molar-refractivity contribution >= 4 is 10.8 Å². The minimum atomic E-state index is -5.52. The maximum Gasteiger partial charge on any atom is 0.432 e. The Morgan fingerprint density at radius 2 is 1.13 bits per heavy atom. The summed E-state index contributed by atoms with van der Waals surface area (Å²) in [5, 5.41) is -0.966. The van der Waals surface area contributed by atoms with Gasteiger partial charge in [0.15, 0.2) is 11.6 Å². The largest absolute Gasteiger partial charge is 0.432 e. The predicted molar refractivity (Wildman–Crippen MR) is 110 cm³/mol. The lowest BCUT2D eigenvalue weighted by atomic mass is 9.97. The van der Waals surface area contributed by atoms with Gasteiger partial charge in [-0.05, 0) is 41.6 Å². The molecule has 4 aromatic rings. The molecule has 200 valence electrons. The van der Waals surface area contributed by atoms with E-state index in [9.17, 15) is 52.7 Å². The quantitative estimate of drug-likeness (QED) is 0.229. The summed E-state index contributed by atoms with van der Waals surface area (Å²) >= 11 is 0. The minimum absolute atomic E-state index is 0.0277. The van der Waals surface area contributed by atoms with Gasteiger partial charge >= 0.3 is 12.3 Å². The van der Waals surface area contributed by atoms with Crippen LogP contribution in [0.2, 0.25) is 0 Å². The molecule has 38 heavy (non-hydrogen) atoms. The number of benzene rings is 4. The number of alkyl halides is 5. The topological polar surface area (TPSA) is 9.23 Å². The maximum atomic E-state index is 14.7. The molecule has 0 spiro atoms. The first-order valence-corrected chi connectivity index (χ1v) is 10.2. The van der Waals surface area contributed by atoms with Crippen molar-refractivity contribution in [2.24, 2.45) is 0 Å². The Balaban J connectivity index is 1.77. The van der Waals surface area contributed by atoms with Crippen LogP contribution in [0.25, 0.3) is 21.9 Å². The molecule has 0 unspecified atom stereocenters. The first kappa shape index (κ1) is 27.1. The lowest BCUT2D eigenvalue weighted by molar-refractivity contribution is -0.189. The molecule has 0 N–H and O–H groups in total. The lowest BCUT2D eigenvalue weighted by Gasteiger charge is -2.21. The normalized spacial score (nSPS) is 12.3. The molecule has 0 heterocycles. The van der Waals surface area contributed by atoms with Gasteiger partial charge in [0.25, 0.3) is 0 Å². The average molecular weight is 554 g/mol. The highest BCUT2D eigenvalue weighted by Gasteiger charge is 2.43. The summed E-state index contributed by atoms with van der Waals surface area (Å²) in [6.45, 7) is 1.28. The fourth-order valence-corrected chi connectivity index (χ4v) is 3.78. The van der Waals surface area contributed by atoms with Gasteiger partial charge in [-0.25, -0.2) is 30.7 Å². The molecule has 0 aliphatic carbocycles. The summed E-state index contributed by atoms with van der Waals surface area (Å²) in [7, 11) is 0. The zero-order valence-electron chi connectivity index (χ0n) is 18.5. The zero-order valence-corrected chi connectivity index (χ0v) is 18.5. The van der Waals surface area contributed by atoms with E-state index in [-0.39, 0.29) is 35.2 Å². The molecule has 13 heteroatoms. The maximum absolute atomic E-state index is 14.7. The molecular weight excluding hydrogens is 544 g/mol. The van der Waals surface area contributed by atoms with Crippen molar-refractivity contribution in [2.75, 3.05) is 0 Å². The van der Waals surface area contributed by atoms with E-state index in [1.54, 1.807) is 0 Å². The Labute approximate surface area is 204 Å². The Hall–Kier alpha value is -3.90. The number of halogens is 12. The summed E-state index contributed by atoms with van der Waals surface area (Å²) in [4.78, 5) is 0. The van der Waals surface area contributed by atoms with E-state index in [0.29, 0.717) is 0 Å². The number of hydrogen-bond acceptors (Lipinski definition) is 1. The molecule has 0 aliphatic rings. The number of aryl methyl sites for hydroxylation is 1. The molecule has 0 bridgehead atoms. The molecule has 0 radical (unpaired) electrons. The molecule has 0 atom stereocenters. The summed E-state index contributed by atoms with van der Waals surface area (Å²) < 4.78 is 171. The van der Waals surface area contributed by atoms with Crippen molar-refractivity contribution in [2.45, 2.75) is 19.2 Å². The fourth-order valence-electron chi connectivity index (χ4n) is 3.78. The van der Waals surface area contributed by atoms with Crippen LogP contribution in [0.3, 0.4) is 0 Å². The smallest absolute Gasteiger partial charge is 0.429 e. The van der Waals surface area contributed by atoms with Gasteiger partial charge in [-0.15, -0.1) is 0 Å². The third kappa shape index (κ3) is 4.61. The average Bonchev–Trinajstić information content (AvgIpc) is 2.75. The van der Waals surface area contributed by atoms with Crippen LogP contribution in [0, 0.1) is 47.6 Å². The molecular formula is C25H10F12O. The predicted octanol–water partition coefficient (Wildman–Crippen LogP) is 8.94. The van der Waals surface area contributed by atoms with E-state index in [4.69, 9.17) is 0 Å². The van der Waals surface area contributed by atoms with Gasteiger partial charge in [0.1, 0.15) is 46.0 Å². The van der Waals surface area contributed by atoms with Crippen molar-refractivity contribution in [1.29, 1.82) is 0 Å². The van der Waals surface area contributed by atoms with Crippen LogP contribution < -0.4 is 4.74 Å². The first-order chi connectivity index (χ1) is 17.5. The van der Waals surface area contributed by atoms with Crippen LogP contribution in [-0.4, -0.2) is 0 Å². The van der Waals surface area contributed by atoms with Crippen LogP contribution >= 0.6 is 0 Å². The van der Waals surface area contributed by atoms with E-state index >= 15 is 0 Å². The second-order valence-corrected chi connectivity index (χ2v) is 8.04. The van der Waals surface area contributed by atoms with Crippen LogP contribution in [0.15, 0.2) is 42.5 Å². The third-order valence-electron chi connectivity index (χ3n) is 5.51. The van der Waals surface area contributed by atoms with Crippen molar-refractivity contribution in [3.05, 3.63) is 99.9 Å². The Bertz CT molecular complexity index is 1540. The molecule has 0 fully saturated rings. The molecule has 0 saturated carbocycles. The number of hydrogen-bond donors (Lipinski definition) is 0. The Morgan fingerprint density at radius 3 is 1.66 bits per heavy atom. The van der Waals surface area contributed by atoms with Gasteiger partial charge in [0.05, 0.1) is 5.39 Å². The van der Waals surface area contributed by atoms with E-state index in [0.717, 1.165) is 6.07 Å². The van der Waals surface area contributed by atoms with Gasteiger partial charge in [-0.2, -0.15) is 22.0 Å². The highest BCUT2D eigenvalue weighted by molar-refractivity contribution is 5.89. The van der Waals surface area contributed by atoms with Crippen LogP contribution in [-0.2, 0) is 12.3 Å². The second-order valence-electron chi connectivity index (χ2n) is 8.04. The minimum Gasteiger partial charge on any atom is -0.429 e. The second kappa shape index (κ2) is 9.14. The Morgan fingerprint density at radius 1 is 0.605 bits per heavy atom. The van der Waals surface area contributed by atoms with E-state index in [1.807, 2.05) is 0 Å². The Kier molecular flexibility index (Phi) is 6.53. The standard InChI is InChI=1S/C25H10F12O/c1-9-2-3-10-4-13(22(31)23(32)18(10)21(9)30)11-5-14(26)20(15(27)6-11)25(36,37)38-12-7-16(28)19(17(29)8-12)24(33,34)35/h2-8H,1H3. The van der Waals surface area contributed by atoms with Gasteiger partial charge < -0.3 is 4.74 Å². The molecule has 0 aromatic heterocycles. The van der Waals surface area contributed by atoms with E-state index in [2.05, 4.69) is 4.74 Å². The SMILES string of the molecule is Cc1ccc2cc(-c3cc(F)c(C(F)(F)Oc4cc(F)c(C(F)(F)F)c(F)c4)c(F)c3)c(F)c(F)c2c1F. The molecule has 0 aliphatic heterocycles. The summed E-state index contributed by atoms with van der Waals surface area (Å²) in [6, 6.07) is 3.03. The third-order valence-corrected chi connectivity index (χ3v) is 5.51. The van der Waals surface area contributed by atoms with Gasteiger partial charge in [0, 0.05) is 17.7 Å². The van der Waals surface area contributed by atoms with Crippen molar-refractivity contribution in [3.63, 3.8) is 0 Å². The number of fused-ring (bicyclic) bond motifs is 1. The molecule has 0 amide bonds. The number of rotatable bonds is 4. The van der Waals surface area contributed by atoms with E-state index in [1.165, 1.54) is 19.1 Å². The van der Waals surface area contributed by atoms with Gasteiger partial charge in [0.2, 0.25) is 0 Å². The highest BCUT2D eigenvalue weighted by Crippen LogP contribution is 2.41. The fraction of sp³-hybridized carbons (Fsp3) is 0.120. The van der Waals surface area contributed by atoms with Crippen LogP contribution in [0.4, 0.5) is 52.7 Å². The van der Waals surface area contributed by atoms with Crippen molar-refractivity contribution in [1.82, 2.24) is 0 Å². The van der Waals surface area contributed by atoms with E-state index < -0.39 is 86.4 Å². The summed E-state index contributed by atoms with van der Waals surface area (Å²) in [5.74, 6) is -14.9. The van der Waals surface area contributed by atoms with Crippen LogP contribution in [0.5, 0.6) is 5.75 Å². The van der Waals surface area contributed by atoms with Gasteiger partial charge in [-0.1, -0.05) is 12.1 Å². The lowest BCUT2D eigenvalue weighted by Crippen LogP contribution is -2.25.